The van der Waals surface area contributed by atoms with Crippen molar-refractivity contribution < 1.29 is 9.02 Å². The molecule has 4 nitrogen and oxygen atoms in total. The molecule has 0 fully saturated rings. The zero-order valence-electron chi connectivity index (χ0n) is 9.15. The van der Waals surface area contributed by atoms with Crippen LogP contribution in [0.5, 0.6) is 11.5 Å². The van der Waals surface area contributed by atoms with Gasteiger partial charge in [-0.25, -0.2) is 0 Å². The molecule has 17 heavy (non-hydrogen) atoms. The maximum Gasteiger partial charge on any atom is 0.127 e. The third kappa shape index (κ3) is 3.26. The van der Waals surface area contributed by atoms with Crippen LogP contribution in [0.3, 0.4) is 0 Å². The molecule has 0 amide bonds. The molecule has 0 aliphatic heterocycles. The van der Waals surface area contributed by atoms with E-state index in [2.05, 4.69) is 10.0 Å². The molecule has 0 aliphatic carbocycles. The first kappa shape index (κ1) is 11.0. The highest BCUT2D eigenvalue weighted by molar-refractivity contribution is 5.32. The van der Waals surface area contributed by atoms with Gasteiger partial charge in [-0.1, -0.05) is 35.4 Å². The number of para-hydroxylation sites is 1. The number of nitrogens with zero attached hydrogens (tertiary/aromatic N) is 3. The molecule has 90 valence electrons. The predicted octanol–water partition coefficient (Wildman–Crippen LogP) is 5.03. The molecule has 0 aromatic heterocycles. The summed E-state index contributed by atoms with van der Waals surface area (Å²) in [5.41, 5.74) is 9.17. The standard InChI is InChI=1S/C13H11N3O.3H2/c14-16-15-10-11-6-8-13(9-7-11)17-12-4-2-1-3-5-12;;;/h1-9H,10H2;3*1H. The van der Waals surface area contributed by atoms with Gasteiger partial charge in [-0.2, -0.15) is 0 Å². The van der Waals surface area contributed by atoms with Crippen LogP contribution >= 0.6 is 0 Å². The van der Waals surface area contributed by atoms with Crippen LogP contribution in [0.25, 0.3) is 10.4 Å². The maximum absolute atomic E-state index is 8.21. The van der Waals surface area contributed by atoms with E-state index in [1.165, 1.54) is 0 Å². The minimum atomic E-state index is 0. The summed E-state index contributed by atoms with van der Waals surface area (Å²) in [5, 5.41) is 3.50. The van der Waals surface area contributed by atoms with Gasteiger partial charge in [0.2, 0.25) is 0 Å². The molecule has 0 saturated heterocycles. The zero-order chi connectivity index (χ0) is 11.9. The molecule has 0 spiro atoms. The van der Waals surface area contributed by atoms with Gasteiger partial charge in [-0.05, 0) is 35.4 Å². The Hall–Kier alpha value is -2.45. The lowest BCUT2D eigenvalue weighted by molar-refractivity contribution is 0.482. The van der Waals surface area contributed by atoms with E-state index in [4.69, 9.17) is 10.3 Å². The van der Waals surface area contributed by atoms with Gasteiger partial charge in [0.05, 0.1) is 6.54 Å². The quantitative estimate of drug-likeness (QED) is 0.413. The minimum Gasteiger partial charge on any atom is -0.457 e. The second-order valence-electron chi connectivity index (χ2n) is 3.45. The first-order valence-electron chi connectivity index (χ1n) is 5.21. The van der Waals surface area contributed by atoms with Crippen LogP contribution < -0.4 is 4.74 Å². The van der Waals surface area contributed by atoms with E-state index in [1.807, 2.05) is 54.6 Å². The molecule has 0 heterocycles. The molecule has 2 aromatic rings. The van der Waals surface area contributed by atoms with Gasteiger partial charge < -0.3 is 4.74 Å². The number of benzene rings is 2. The van der Waals surface area contributed by atoms with Crippen LogP contribution in [0.4, 0.5) is 0 Å². The maximum atomic E-state index is 8.21. The van der Waals surface area contributed by atoms with Gasteiger partial charge in [-0.15, -0.1) is 0 Å². The van der Waals surface area contributed by atoms with Crippen LogP contribution in [-0.2, 0) is 6.54 Å². The number of ether oxygens (including phenoxy) is 1. The van der Waals surface area contributed by atoms with E-state index in [1.54, 1.807) is 0 Å². The monoisotopic (exact) mass is 231 g/mol. The van der Waals surface area contributed by atoms with E-state index < -0.39 is 0 Å². The molecule has 0 radical (unpaired) electrons. The normalized spacial score (nSPS) is 9.41. The van der Waals surface area contributed by atoms with Gasteiger partial charge in [0.25, 0.3) is 0 Å². The molecule has 0 N–H and O–H groups in total. The highest BCUT2D eigenvalue weighted by Gasteiger charge is 1.96. The van der Waals surface area contributed by atoms with Crippen molar-refractivity contribution in [1.29, 1.82) is 0 Å². The summed E-state index contributed by atoms with van der Waals surface area (Å²) in [6.45, 7) is 0.363. The molecular weight excluding hydrogens is 214 g/mol. The molecule has 0 aliphatic rings. The molecule has 0 atom stereocenters. The Bertz CT molecular complexity index is 528. The van der Waals surface area contributed by atoms with Gasteiger partial charge in [0, 0.05) is 9.19 Å². The van der Waals surface area contributed by atoms with Crippen LogP contribution in [-0.4, -0.2) is 0 Å². The Balaban J connectivity index is 0. The van der Waals surface area contributed by atoms with E-state index in [0.717, 1.165) is 17.1 Å². The van der Waals surface area contributed by atoms with Crippen molar-refractivity contribution in [2.75, 3.05) is 0 Å². The predicted molar refractivity (Wildman–Crippen MR) is 72.2 cm³/mol. The van der Waals surface area contributed by atoms with Crippen molar-refractivity contribution >= 4 is 0 Å². The minimum absolute atomic E-state index is 0. The Morgan fingerprint density at radius 3 is 2.29 bits per heavy atom. The van der Waals surface area contributed by atoms with E-state index in [-0.39, 0.29) is 4.28 Å². The Morgan fingerprint density at radius 2 is 1.65 bits per heavy atom. The fraction of sp³-hybridized carbons (Fsp3) is 0.0769. The average Bonchev–Trinajstić information content (AvgIpc) is 2.39. The number of rotatable bonds is 4. The Kier molecular flexibility index (Phi) is 3.63. The van der Waals surface area contributed by atoms with Crippen LogP contribution in [0, 0.1) is 0 Å². The van der Waals surface area contributed by atoms with Gasteiger partial charge >= 0.3 is 0 Å². The molecule has 0 bridgehead atoms. The van der Waals surface area contributed by atoms with E-state index in [9.17, 15) is 0 Å². The fourth-order valence-corrected chi connectivity index (χ4v) is 1.40. The summed E-state index contributed by atoms with van der Waals surface area (Å²) in [7, 11) is 0. The SMILES string of the molecule is [HH].[HH].[HH].[N-]=[N+]=NCc1ccc(Oc2ccccc2)cc1. The second kappa shape index (κ2) is 5.58. The molecule has 0 saturated carbocycles. The molecule has 0 unspecified atom stereocenters. The molecule has 2 aromatic carbocycles. The number of hydrogen-bond acceptors (Lipinski definition) is 2. The van der Waals surface area contributed by atoms with Gasteiger partial charge in [-0.3, -0.25) is 0 Å². The van der Waals surface area contributed by atoms with Crippen molar-refractivity contribution in [1.82, 2.24) is 0 Å². The summed E-state index contributed by atoms with van der Waals surface area (Å²) in [4.78, 5) is 2.71. The van der Waals surface area contributed by atoms with Crippen molar-refractivity contribution in [2.45, 2.75) is 6.54 Å². The summed E-state index contributed by atoms with van der Waals surface area (Å²) < 4.78 is 5.63. The van der Waals surface area contributed by atoms with Gasteiger partial charge in [0.15, 0.2) is 0 Å². The average molecular weight is 231 g/mol. The summed E-state index contributed by atoms with van der Waals surface area (Å²) in [6, 6.07) is 17.1. The molecular formula is C13H17N3O. The van der Waals surface area contributed by atoms with E-state index >= 15 is 0 Å². The summed E-state index contributed by atoms with van der Waals surface area (Å²) >= 11 is 0. The number of hydrogen-bond donors (Lipinski definition) is 0. The van der Waals surface area contributed by atoms with Crippen LogP contribution in [0.1, 0.15) is 9.84 Å². The Labute approximate surface area is 104 Å². The lowest BCUT2D eigenvalue weighted by atomic mass is 10.2. The topological polar surface area (TPSA) is 58.0 Å². The third-order valence-corrected chi connectivity index (χ3v) is 2.22. The van der Waals surface area contributed by atoms with Crippen LogP contribution in [0.2, 0.25) is 0 Å². The highest BCUT2D eigenvalue weighted by Crippen LogP contribution is 2.21. The lowest BCUT2D eigenvalue weighted by Crippen LogP contribution is -1.85. The van der Waals surface area contributed by atoms with Crippen molar-refractivity contribution in [2.24, 2.45) is 5.11 Å². The van der Waals surface area contributed by atoms with Crippen LogP contribution in [0.15, 0.2) is 59.7 Å². The van der Waals surface area contributed by atoms with Crippen molar-refractivity contribution in [3.63, 3.8) is 0 Å². The molecule has 2 rings (SSSR count). The first-order chi connectivity index (χ1) is 8.38. The second-order valence-corrected chi connectivity index (χ2v) is 3.45. The summed E-state index contributed by atoms with van der Waals surface area (Å²) in [5.74, 6) is 1.57. The first-order valence-corrected chi connectivity index (χ1v) is 5.21. The smallest absolute Gasteiger partial charge is 0.127 e. The lowest BCUT2D eigenvalue weighted by Gasteiger charge is -2.05. The van der Waals surface area contributed by atoms with Crippen molar-refractivity contribution in [3.05, 3.63) is 70.6 Å². The summed E-state index contributed by atoms with van der Waals surface area (Å²) in [6.07, 6.45) is 0. The van der Waals surface area contributed by atoms with Crippen molar-refractivity contribution in [3.8, 4) is 11.5 Å². The zero-order valence-corrected chi connectivity index (χ0v) is 9.15. The highest BCUT2D eigenvalue weighted by atomic mass is 16.5. The third-order valence-electron chi connectivity index (χ3n) is 2.22. The number of azide groups is 1. The Morgan fingerprint density at radius 1 is 1.00 bits per heavy atom. The van der Waals surface area contributed by atoms with E-state index in [0.29, 0.717) is 6.54 Å². The fourth-order valence-electron chi connectivity index (χ4n) is 1.40. The largest absolute Gasteiger partial charge is 0.457 e. The molecule has 4 heteroatoms. The van der Waals surface area contributed by atoms with Gasteiger partial charge in [0.1, 0.15) is 11.5 Å².